The van der Waals surface area contributed by atoms with E-state index in [1.165, 1.54) is 12.3 Å². The molecule has 0 aliphatic rings. The quantitative estimate of drug-likeness (QED) is 0.886. The number of furan rings is 1. The van der Waals surface area contributed by atoms with Gasteiger partial charge in [0.2, 0.25) is 5.91 Å². The second-order valence-electron chi connectivity index (χ2n) is 4.18. The lowest BCUT2D eigenvalue weighted by Gasteiger charge is -2.05. The molecule has 1 aromatic heterocycles. The van der Waals surface area contributed by atoms with Crippen LogP contribution in [0.4, 0.5) is 4.39 Å². The predicted octanol–water partition coefficient (Wildman–Crippen LogP) is 1.98. The van der Waals surface area contributed by atoms with Crippen molar-refractivity contribution in [2.75, 3.05) is 5.75 Å². The summed E-state index contributed by atoms with van der Waals surface area (Å²) in [6, 6.07) is 9.57. The van der Waals surface area contributed by atoms with E-state index in [4.69, 9.17) is 4.42 Å². The van der Waals surface area contributed by atoms with E-state index in [0.29, 0.717) is 11.3 Å². The van der Waals surface area contributed by atoms with Crippen molar-refractivity contribution in [1.29, 1.82) is 0 Å². The number of halogens is 1. The molecule has 2 rings (SSSR count). The fourth-order valence-corrected chi connectivity index (χ4v) is 2.71. The number of amides is 1. The minimum Gasteiger partial charge on any atom is -0.467 e. The molecule has 0 bridgehead atoms. The van der Waals surface area contributed by atoms with Crippen LogP contribution in [0.2, 0.25) is 0 Å². The summed E-state index contributed by atoms with van der Waals surface area (Å²) in [5, 5.41) is 2.60. The first kappa shape index (κ1) is 14.5. The summed E-state index contributed by atoms with van der Waals surface area (Å²) in [7, 11) is -1.44. The van der Waals surface area contributed by atoms with Crippen LogP contribution in [0.25, 0.3) is 0 Å². The Bertz CT molecular complexity index is 598. The monoisotopic (exact) mass is 295 g/mol. The van der Waals surface area contributed by atoms with Crippen molar-refractivity contribution in [3.63, 3.8) is 0 Å². The summed E-state index contributed by atoms with van der Waals surface area (Å²) in [4.78, 5) is 11.6. The molecule has 6 heteroatoms. The van der Waals surface area contributed by atoms with Gasteiger partial charge >= 0.3 is 0 Å². The number of carbonyl (C=O) groups excluding carboxylic acids is 1. The molecule has 106 valence electrons. The Morgan fingerprint density at radius 1 is 1.25 bits per heavy atom. The Labute approximate surface area is 118 Å². The zero-order valence-corrected chi connectivity index (χ0v) is 11.5. The molecule has 0 fully saturated rings. The summed E-state index contributed by atoms with van der Waals surface area (Å²) in [5.74, 6) is -0.262. The minimum absolute atomic E-state index is 0.0286. The Balaban J connectivity index is 1.79. The average Bonchev–Trinajstić information content (AvgIpc) is 2.92. The van der Waals surface area contributed by atoms with E-state index in [-0.39, 0.29) is 24.0 Å². The lowest BCUT2D eigenvalue weighted by molar-refractivity contribution is -0.118. The molecule has 4 nitrogen and oxygen atoms in total. The molecule has 1 unspecified atom stereocenters. The Morgan fingerprint density at radius 2 is 2.05 bits per heavy atom. The number of rotatable bonds is 6. The summed E-state index contributed by atoms with van der Waals surface area (Å²) in [5.41, 5.74) is 0.352. The third-order valence-corrected chi connectivity index (χ3v) is 3.82. The van der Waals surface area contributed by atoms with Crippen molar-refractivity contribution >= 4 is 16.7 Å². The van der Waals surface area contributed by atoms with E-state index < -0.39 is 16.6 Å². The summed E-state index contributed by atoms with van der Waals surface area (Å²) >= 11 is 0. The number of carbonyl (C=O) groups is 1. The predicted molar refractivity (Wildman–Crippen MR) is 73.7 cm³/mol. The van der Waals surface area contributed by atoms with Crippen molar-refractivity contribution in [1.82, 2.24) is 5.32 Å². The molecule has 0 aliphatic heterocycles. The maximum absolute atomic E-state index is 13.4. The third kappa shape index (κ3) is 4.31. The summed E-state index contributed by atoms with van der Waals surface area (Å²) in [6.07, 6.45) is 1.51. The van der Waals surface area contributed by atoms with Crippen molar-refractivity contribution in [3.05, 3.63) is 59.8 Å². The van der Waals surface area contributed by atoms with Gasteiger partial charge in [-0.1, -0.05) is 18.2 Å². The van der Waals surface area contributed by atoms with Crippen LogP contribution < -0.4 is 5.32 Å². The van der Waals surface area contributed by atoms with Crippen molar-refractivity contribution < 1.29 is 17.8 Å². The molecule has 2 aromatic rings. The van der Waals surface area contributed by atoms with Gasteiger partial charge in [0.05, 0.1) is 18.6 Å². The first-order valence-electron chi connectivity index (χ1n) is 6.02. The normalized spacial score (nSPS) is 12.1. The molecule has 20 heavy (non-hydrogen) atoms. The first-order chi connectivity index (χ1) is 9.65. The minimum atomic E-state index is -1.44. The number of hydrogen-bond acceptors (Lipinski definition) is 3. The second-order valence-corrected chi connectivity index (χ2v) is 5.63. The van der Waals surface area contributed by atoms with E-state index >= 15 is 0 Å². The van der Waals surface area contributed by atoms with Gasteiger partial charge < -0.3 is 9.73 Å². The highest BCUT2D eigenvalue weighted by molar-refractivity contribution is 7.84. The molecular formula is C14H14FNO3S. The van der Waals surface area contributed by atoms with Crippen LogP contribution >= 0.6 is 0 Å². The van der Waals surface area contributed by atoms with Gasteiger partial charge in [-0.15, -0.1) is 0 Å². The molecule has 1 amide bonds. The van der Waals surface area contributed by atoms with Crippen LogP contribution in [-0.4, -0.2) is 15.9 Å². The van der Waals surface area contributed by atoms with Gasteiger partial charge in [0, 0.05) is 16.4 Å². The highest BCUT2D eigenvalue weighted by Gasteiger charge is 2.11. The van der Waals surface area contributed by atoms with Gasteiger partial charge in [0.25, 0.3) is 0 Å². The number of hydrogen-bond donors (Lipinski definition) is 1. The van der Waals surface area contributed by atoms with E-state index in [9.17, 15) is 13.4 Å². The van der Waals surface area contributed by atoms with Crippen molar-refractivity contribution in [3.8, 4) is 0 Å². The van der Waals surface area contributed by atoms with Gasteiger partial charge in [0.15, 0.2) is 0 Å². The molecule has 0 aliphatic carbocycles. The SMILES string of the molecule is O=C(CS(=O)Cc1ccccc1F)NCc1ccco1. The highest BCUT2D eigenvalue weighted by atomic mass is 32.2. The fourth-order valence-electron chi connectivity index (χ4n) is 1.64. The van der Waals surface area contributed by atoms with Crippen LogP contribution in [0.3, 0.4) is 0 Å². The van der Waals surface area contributed by atoms with Gasteiger partial charge in [-0.3, -0.25) is 9.00 Å². The Hall–Kier alpha value is -1.95. The molecule has 0 radical (unpaired) electrons. The zero-order chi connectivity index (χ0) is 14.4. The summed E-state index contributed by atoms with van der Waals surface area (Å²) in [6.45, 7) is 0.253. The molecular weight excluding hydrogens is 281 g/mol. The van der Waals surface area contributed by atoms with Gasteiger partial charge in [-0.05, 0) is 18.2 Å². The maximum atomic E-state index is 13.4. The Morgan fingerprint density at radius 3 is 2.75 bits per heavy atom. The molecule has 0 spiro atoms. The van der Waals surface area contributed by atoms with Crippen LogP contribution in [0, 0.1) is 5.82 Å². The van der Waals surface area contributed by atoms with Crippen molar-refractivity contribution in [2.24, 2.45) is 0 Å². The molecule has 0 saturated carbocycles. The van der Waals surface area contributed by atoms with Crippen LogP contribution in [0.5, 0.6) is 0 Å². The molecule has 1 N–H and O–H groups in total. The van der Waals surface area contributed by atoms with Gasteiger partial charge in [0.1, 0.15) is 17.3 Å². The molecule has 0 saturated heterocycles. The average molecular weight is 295 g/mol. The third-order valence-electron chi connectivity index (χ3n) is 2.61. The van der Waals surface area contributed by atoms with E-state index in [1.807, 2.05) is 0 Å². The van der Waals surface area contributed by atoms with E-state index in [2.05, 4.69) is 5.32 Å². The lowest BCUT2D eigenvalue weighted by atomic mass is 10.2. The molecule has 1 aromatic carbocycles. The largest absolute Gasteiger partial charge is 0.467 e. The topological polar surface area (TPSA) is 59.3 Å². The fraction of sp³-hybridized carbons (Fsp3) is 0.214. The standard InChI is InChI=1S/C14H14FNO3S/c15-13-6-2-1-4-11(13)9-20(18)10-14(17)16-8-12-5-3-7-19-12/h1-7H,8-10H2,(H,16,17). The zero-order valence-electron chi connectivity index (χ0n) is 10.7. The van der Waals surface area contributed by atoms with E-state index in [1.54, 1.807) is 30.3 Å². The van der Waals surface area contributed by atoms with E-state index in [0.717, 1.165) is 0 Å². The second kappa shape index (κ2) is 7.00. The van der Waals surface area contributed by atoms with Gasteiger partial charge in [-0.2, -0.15) is 0 Å². The smallest absolute Gasteiger partial charge is 0.233 e. The summed E-state index contributed by atoms with van der Waals surface area (Å²) < 4.78 is 30.2. The number of nitrogens with one attached hydrogen (secondary N) is 1. The molecule has 1 heterocycles. The lowest BCUT2D eigenvalue weighted by Crippen LogP contribution is -2.28. The highest BCUT2D eigenvalue weighted by Crippen LogP contribution is 2.09. The van der Waals surface area contributed by atoms with Crippen LogP contribution in [0.1, 0.15) is 11.3 Å². The number of benzene rings is 1. The maximum Gasteiger partial charge on any atom is 0.233 e. The van der Waals surface area contributed by atoms with Crippen LogP contribution in [0.15, 0.2) is 47.1 Å². The van der Waals surface area contributed by atoms with Crippen LogP contribution in [-0.2, 0) is 27.9 Å². The molecule has 1 atom stereocenters. The van der Waals surface area contributed by atoms with Gasteiger partial charge in [-0.25, -0.2) is 4.39 Å². The Kier molecular flexibility index (Phi) is 5.06. The van der Waals surface area contributed by atoms with Crippen molar-refractivity contribution in [2.45, 2.75) is 12.3 Å². The first-order valence-corrected chi connectivity index (χ1v) is 7.51.